The molecule has 0 aliphatic rings. The van der Waals surface area contributed by atoms with Gasteiger partial charge in [-0.15, -0.1) is 11.3 Å². The van der Waals surface area contributed by atoms with Crippen LogP contribution in [0, 0.1) is 7.14 Å². The Morgan fingerprint density at radius 1 is 0.688 bits per heavy atom. The van der Waals surface area contributed by atoms with Crippen LogP contribution < -0.4 is 4.90 Å². The number of halogens is 2. The first-order valence-electron chi connectivity index (χ1n) is 10.2. The lowest BCUT2D eigenvalue weighted by molar-refractivity contribution is 1.13. The molecule has 5 rings (SSSR count). The smallest absolute Gasteiger partial charge is 0.124 e. The van der Waals surface area contributed by atoms with Crippen LogP contribution in [0.5, 0.6) is 0 Å². The Morgan fingerprint density at radius 2 is 1.41 bits per heavy atom. The van der Waals surface area contributed by atoms with Gasteiger partial charge in [-0.2, -0.15) is 0 Å². The van der Waals surface area contributed by atoms with E-state index in [9.17, 15) is 0 Å². The molecule has 0 radical (unpaired) electrons. The summed E-state index contributed by atoms with van der Waals surface area (Å²) in [6.07, 6.45) is 0. The lowest BCUT2D eigenvalue weighted by Crippen LogP contribution is -2.07. The van der Waals surface area contributed by atoms with Crippen molar-refractivity contribution in [1.82, 2.24) is 4.98 Å². The first-order valence-corrected chi connectivity index (χ1v) is 13.2. The van der Waals surface area contributed by atoms with Crippen molar-refractivity contribution in [2.75, 3.05) is 19.0 Å². The van der Waals surface area contributed by atoms with Crippen molar-refractivity contribution in [3.8, 4) is 32.8 Å². The summed E-state index contributed by atoms with van der Waals surface area (Å²) < 4.78 is 3.67. The van der Waals surface area contributed by atoms with E-state index in [2.05, 4.69) is 143 Å². The van der Waals surface area contributed by atoms with Crippen molar-refractivity contribution in [3.05, 3.63) is 92.1 Å². The largest absolute Gasteiger partial charge is 0.378 e. The van der Waals surface area contributed by atoms with Crippen LogP contribution >= 0.6 is 56.5 Å². The molecule has 0 fully saturated rings. The molecule has 1 aromatic heterocycles. The predicted molar refractivity (Wildman–Crippen MR) is 156 cm³/mol. The summed E-state index contributed by atoms with van der Waals surface area (Å²) in [5.74, 6) is 0. The highest BCUT2D eigenvalue weighted by atomic mass is 127. The molecule has 0 aliphatic heterocycles. The van der Waals surface area contributed by atoms with E-state index in [1.807, 2.05) is 6.07 Å². The highest BCUT2D eigenvalue weighted by molar-refractivity contribution is 14.1. The molecule has 1 heterocycles. The quantitative estimate of drug-likeness (QED) is 0.180. The van der Waals surface area contributed by atoms with Crippen molar-refractivity contribution in [2.45, 2.75) is 0 Å². The van der Waals surface area contributed by atoms with Gasteiger partial charge in [0.15, 0.2) is 0 Å². The molecule has 0 saturated heterocycles. The van der Waals surface area contributed by atoms with Gasteiger partial charge in [0.25, 0.3) is 0 Å². The van der Waals surface area contributed by atoms with Crippen LogP contribution in [0.2, 0.25) is 0 Å². The van der Waals surface area contributed by atoms with E-state index in [4.69, 9.17) is 4.98 Å². The van der Waals surface area contributed by atoms with E-state index in [0.29, 0.717) is 0 Å². The van der Waals surface area contributed by atoms with Gasteiger partial charge in [-0.3, -0.25) is 0 Å². The molecule has 5 aromatic rings. The Morgan fingerprint density at radius 3 is 2.12 bits per heavy atom. The molecule has 0 amide bonds. The SMILES string of the molecule is CN(C)c1ccc(-c2cccc(I)c2-c2c(I)ccc3sc(-c4ccccc4)nc23)cc1. The zero-order valence-corrected chi connectivity index (χ0v) is 22.8. The maximum atomic E-state index is 5.14. The highest BCUT2D eigenvalue weighted by Gasteiger charge is 2.19. The molecule has 32 heavy (non-hydrogen) atoms. The maximum Gasteiger partial charge on any atom is 0.124 e. The molecule has 158 valence electrons. The predicted octanol–water partition coefficient (Wildman–Crippen LogP) is 8.57. The first kappa shape index (κ1) is 21.9. The van der Waals surface area contributed by atoms with Gasteiger partial charge in [0.05, 0.1) is 10.2 Å². The number of aromatic nitrogens is 1. The third-order valence-corrected chi connectivity index (χ3v) is 8.36. The van der Waals surface area contributed by atoms with Crippen LogP contribution in [0.25, 0.3) is 43.0 Å². The Balaban J connectivity index is 1.74. The Hall–Kier alpha value is -1.97. The van der Waals surface area contributed by atoms with E-state index in [1.54, 1.807) is 11.3 Å². The molecular formula is C27H20I2N2S. The van der Waals surface area contributed by atoms with Crippen molar-refractivity contribution in [3.63, 3.8) is 0 Å². The number of hydrogen-bond acceptors (Lipinski definition) is 3. The van der Waals surface area contributed by atoms with Gasteiger partial charge in [0, 0.05) is 43.6 Å². The van der Waals surface area contributed by atoms with Gasteiger partial charge < -0.3 is 4.90 Å². The van der Waals surface area contributed by atoms with Gasteiger partial charge in [-0.05, 0) is 86.6 Å². The molecule has 0 spiro atoms. The average Bonchev–Trinajstić information content (AvgIpc) is 3.24. The lowest BCUT2D eigenvalue weighted by Gasteiger charge is -2.16. The highest BCUT2D eigenvalue weighted by Crippen LogP contribution is 2.43. The Kier molecular flexibility index (Phi) is 6.22. The van der Waals surface area contributed by atoms with Crippen LogP contribution in [-0.4, -0.2) is 19.1 Å². The van der Waals surface area contributed by atoms with Crippen LogP contribution in [0.3, 0.4) is 0 Å². The van der Waals surface area contributed by atoms with Crippen molar-refractivity contribution in [2.24, 2.45) is 0 Å². The summed E-state index contributed by atoms with van der Waals surface area (Å²) in [5.41, 5.74) is 8.37. The normalized spacial score (nSPS) is 11.1. The third kappa shape index (κ3) is 4.06. The van der Waals surface area contributed by atoms with Gasteiger partial charge >= 0.3 is 0 Å². The second kappa shape index (κ2) is 9.11. The molecule has 0 unspecified atom stereocenters. The second-order valence-electron chi connectivity index (χ2n) is 7.76. The lowest BCUT2D eigenvalue weighted by atomic mass is 9.94. The van der Waals surface area contributed by atoms with Crippen LogP contribution in [0.4, 0.5) is 5.69 Å². The molecule has 0 N–H and O–H groups in total. The fourth-order valence-electron chi connectivity index (χ4n) is 3.87. The minimum Gasteiger partial charge on any atom is -0.378 e. The minimum absolute atomic E-state index is 1.06. The summed E-state index contributed by atoms with van der Waals surface area (Å²) in [5, 5.41) is 1.06. The zero-order valence-electron chi connectivity index (χ0n) is 17.6. The molecular weight excluding hydrogens is 638 g/mol. The van der Waals surface area contributed by atoms with Gasteiger partial charge in [-0.1, -0.05) is 54.6 Å². The van der Waals surface area contributed by atoms with Crippen molar-refractivity contribution in [1.29, 1.82) is 0 Å². The maximum absolute atomic E-state index is 5.14. The molecule has 0 aliphatic carbocycles. The number of benzene rings is 4. The Labute approximate surface area is 219 Å². The van der Waals surface area contributed by atoms with E-state index < -0.39 is 0 Å². The number of thiazole rings is 1. The first-order chi connectivity index (χ1) is 15.5. The fraction of sp³-hybridized carbons (Fsp3) is 0.0741. The molecule has 0 atom stereocenters. The van der Waals surface area contributed by atoms with Gasteiger partial charge in [-0.25, -0.2) is 4.98 Å². The zero-order chi connectivity index (χ0) is 22.2. The number of nitrogens with zero attached hydrogens (tertiary/aromatic N) is 2. The monoisotopic (exact) mass is 658 g/mol. The van der Waals surface area contributed by atoms with Crippen LogP contribution in [-0.2, 0) is 0 Å². The summed E-state index contributed by atoms with van der Waals surface area (Å²) in [6, 6.07) is 30.2. The number of fused-ring (bicyclic) bond motifs is 1. The van der Waals surface area contributed by atoms with Crippen molar-refractivity contribution >= 4 is 72.4 Å². The molecule has 5 heteroatoms. The van der Waals surface area contributed by atoms with E-state index in [0.717, 1.165) is 16.1 Å². The van der Waals surface area contributed by atoms with E-state index in [-0.39, 0.29) is 0 Å². The number of hydrogen-bond donors (Lipinski definition) is 0. The van der Waals surface area contributed by atoms with Crippen LogP contribution in [0.15, 0.2) is 84.9 Å². The Bertz CT molecular complexity index is 1410. The van der Waals surface area contributed by atoms with E-state index >= 15 is 0 Å². The van der Waals surface area contributed by atoms with E-state index in [1.165, 1.54) is 39.8 Å². The topological polar surface area (TPSA) is 16.1 Å². The average molecular weight is 658 g/mol. The number of rotatable bonds is 4. The summed E-state index contributed by atoms with van der Waals surface area (Å²) in [4.78, 5) is 7.27. The van der Waals surface area contributed by atoms with Gasteiger partial charge in [0.2, 0.25) is 0 Å². The van der Waals surface area contributed by atoms with Crippen LogP contribution in [0.1, 0.15) is 0 Å². The molecule has 2 nitrogen and oxygen atoms in total. The van der Waals surface area contributed by atoms with Crippen molar-refractivity contribution < 1.29 is 0 Å². The fourth-order valence-corrected chi connectivity index (χ4v) is 6.32. The third-order valence-electron chi connectivity index (χ3n) is 5.49. The summed E-state index contributed by atoms with van der Waals surface area (Å²) in [6.45, 7) is 0. The summed E-state index contributed by atoms with van der Waals surface area (Å²) in [7, 11) is 4.14. The van der Waals surface area contributed by atoms with Gasteiger partial charge in [0.1, 0.15) is 5.01 Å². The molecule has 0 saturated carbocycles. The second-order valence-corrected chi connectivity index (χ2v) is 11.1. The minimum atomic E-state index is 1.06. The molecule has 0 bridgehead atoms. The molecule has 4 aromatic carbocycles. The standard InChI is InChI=1S/C27H20I2N2S/c1-31(2)19-13-11-17(12-14-19)20-9-6-10-21(28)24(20)25-22(29)15-16-23-26(25)30-27(32-23)18-7-4-3-5-8-18/h3-16H,1-2H3. The summed E-state index contributed by atoms with van der Waals surface area (Å²) >= 11 is 6.68. The number of anilines is 1.